The summed E-state index contributed by atoms with van der Waals surface area (Å²) in [5.74, 6) is -2.51. The van der Waals surface area contributed by atoms with Crippen LogP contribution >= 0.6 is 11.6 Å². The summed E-state index contributed by atoms with van der Waals surface area (Å²) in [7, 11) is 0. The molecule has 0 aromatic heterocycles. The SMILES string of the molecule is O=C1CCC(=O)OC2(CNCCc3c2ccc(Cl)c3NCc2ccc(C(=O)NC3CCCCC3)cc2)O1. The Hall–Kier alpha value is -3.10. The standard InChI is InChI=1S/C28H32ClN3O5/c29-23-11-10-22-21(14-15-30-17-28(22)36-24(33)12-13-25(34)37-28)26(23)31-16-18-6-8-19(9-7-18)27(35)32-20-4-2-1-3-5-20/h6-11,20,30-31H,1-5,12-17H2,(H,32,35). The van der Waals surface area contributed by atoms with Crippen LogP contribution in [0.3, 0.4) is 0 Å². The minimum atomic E-state index is -1.52. The molecule has 37 heavy (non-hydrogen) atoms. The van der Waals surface area contributed by atoms with E-state index in [4.69, 9.17) is 21.1 Å². The van der Waals surface area contributed by atoms with Gasteiger partial charge >= 0.3 is 11.9 Å². The Morgan fingerprint density at radius 3 is 2.38 bits per heavy atom. The van der Waals surface area contributed by atoms with Crippen LogP contribution in [0, 0.1) is 0 Å². The number of amides is 1. The van der Waals surface area contributed by atoms with E-state index in [0.717, 1.165) is 24.0 Å². The average Bonchev–Trinajstić information content (AvgIpc) is 3.16. The summed E-state index contributed by atoms with van der Waals surface area (Å²) in [6.07, 6.45) is 6.27. The number of carbonyl (C=O) groups excluding carboxylic acids is 3. The van der Waals surface area contributed by atoms with Crippen molar-refractivity contribution in [2.45, 2.75) is 69.7 Å². The monoisotopic (exact) mass is 525 g/mol. The highest BCUT2D eigenvalue weighted by Gasteiger charge is 2.46. The van der Waals surface area contributed by atoms with Crippen LogP contribution < -0.4 is 16.0 Å². The van der Waals surface area contributed by atoms with Crippen molar-refractivity contribution < 1.29 is 23.9 Å². The fourth-order valence-electron chi connectivity index (χ4n) is 5.35. The molecule has 2 aromatic rings. The number of ether oxygens (including phenoxy) is 2. The molecule has 0 bridgehead atoms. The first-order chi connectivity index (χ1) is 17.9. The van der Waals surface area contributed by atoms with Crippen LogP contribution in [0.15, 0.2) is 36.4 Å². The molecule has 8 nitrogen and oxygen atoms in total. The third-order valence-electron chi connectivity index (χ3n) is 7.30. The molecule has 1 spiro atoms. The first kappa shape index (κ1) is 25.5. The van der Waals surface area contributed by atoms with Crippen molar-refractivity contribution >= 4 is 35.1 Å². The van der Waals surface area contributed by atoms with E-state index in [1.54, 1.807) is 12.1 Å². The third kappa shape index (κ3) is 5.75. The van der Waals surface area contributed by atoms with Crippen LogP contribution in [0.5, 0.6) is 0 Å². The Bertz CT molecular complexity index is 1160. The summed E-state index contributed by atoms with van der Waals surface area (Å²) in [6, 6.07) is 11.3. The van der Waals surface area contributed by atoms with Gasteiger partial charge in [0.15, 0.2) is 0 Å². The van der Waals surface area contributed by atoms with E-state index in [0.29, 0.717) is 41.3 Å². The maximum atomic E-state index is 12.6. The quantitative estimate of drug-likeness (QED) is 0.502. The molecule has 1 amide bonds. The maximum absolute atomic E-state index is 12.6. The Morgan fingerprint density at radius 1 is 0.973 bits per heavy atom. The molecule has 2 aromatic carbocycles. The zero-order valence-electron chi connectivity index (χ0n) is 20.7. The molecule has 0 radical (unpaired) electrons. The molecule has 9 heteroatoms. The topological polar surface area (TPSA) is 106 Å². The van der Waals surface area contributed by atoms with Crippen LogP contribution in [-0.4, -0.2) is 37.0 Å². The maximum Gasteiger partial charge on any atom is 0.309 e. The molecule has 1 saturated heterocycles. The van der Waals surface area contributed by atoms with Crippen LogP contribution in [-0.2, 0) is 37.8 Å². The molecule has 3 N–H and O–H groups in total. The van der Waals surface area contributed by atoms with E-state index in [9.17, 15) is 14.4 Å². The highest BCUT2D eigenvalue weighted by atomic mass is 35.5. The Labute approximate surface area is 221 Å². The van der Waals surface area contributed by atoms with Crippen molar-refractivity contribution in [3.8, 4) is 0 Å². The second-order valence-electron chi connectivity index (χ2n) is 9.94. The molecule has 2 aliphatic heterocycles. The number of hydrogen-bond donors (Lipinski definition) is 3. The molecule has 2 fully saturated rings. The lowest BCUT2D eigenvalue weighted by molar-refractivity contribution is -0.225. The van der Waals surface area contributed by atoms with Crippen molar-refractivity contribution in [3.63, 3.8) is 0 Å². The second-order valence-corrected chi connectivity index (χ2v) is 10.3. The summed E-state index contributed by atoms with van der Waals surface area (Å²) in [6.45, 7) is 1.24. The average molecular weight is 526 g/mol. The molecule has 3 aliphatic rings. The van der Waals surface area contributed by atoms with Gasteiger partial charge < -0.3 is 25.4 Å². The fraction of sp³-hybridized carbons (Fsp3) is 0.464. The van der Waals surface area contributed by atoms with Crippen molar-refractivity contribution in [3.05, 3.63) is 63.7 Å². The van der Waals surface area contributed by atoms with Gasteiger partial charge in [0.25, 0.3) is 11.7 Å². The van der Waals surface area contributed by atoms with E-state index in [1.165, 1.54) is 19.3 Å². The summed E-state index contributed by atoms with van der Waals surface area (Å²) >= 11 is 6.61. The second kappa shape index (κ2) is 11.1. The van der Waals surface area contributed by atoms with Crippen LogP contribution in [0.4, 0.5) is 5.69 Å². The third-order valence-corrected chi connectivity index (χ3v) is 7.61. The van der Waals surface area contributed by atoms with Gasteiger partial charge in [-0.2, -0.15) is 0 Å². The van der Waals surface area contributed by atoms with Gasteiger partial charge in [-0.3, -0.25) is 14.4 Å². The Kier molecular flexibility index (Phi) is 7.67. The van der Waals surface area contributed by atoms with Gasteiger partial charge in [0.2, 0.25) is 0 Å². The van der Waals surface area contributed by atoms with Crippen LogP contribution in [0.2, 0.25) is 5.02 Å². The van der Waals surface area contributed by atoms with Crippen LogP contribution in [0.1, 0.15) is 72.0 Å². The van der Waals surface area contributed by atoms with Gasteiger partial charge in [0.1, 0.15) is 0 Å². The van der Waals surface area contributed by atoms with Crippen molar-refractivity contribution in [2.75, 3.05) is 18.4 Å². The fourth-order valence-corrected chi connectivity index (χ4v) is 5.59. The molecule has 0 unspecified atom stereocenters. The minimum Gasteiger partial charge on any atom is -0.416 e. The summed E-state index contributed by atoms with van der Waals surface area (Å²) in [5, 5.41) is 10.3. The van der Waals surface area contributed by atoms with Gasteiger partial charge in [0, 0.05) is 23.7 Å². The number of anilines is 1. The zero-order valence-corrected chi connectivity index (χ0v) is 21.5. The summed E-state index contributed by atoms with van der Waals surface area (Å²) in [4.78, 5) is 37.3. The van der Waals surface area contributed by atoms with Crippen molar-refractivity contribution in [2.24, 2.45) is 0 Å². The number of halogens is 1. The lowest BCUT2D eigenvalue weighted by Gasteiger charge is -2.32. The highest BCUT2D eigenvalue weighted by molar-refractivity contribution is 6.33. The number of benzene rings is 2. The molecule has 1 aliphatic carbocycles. The van der Waals surface area contributed by atoms with Gasteiger partial charge in [-0.05, 0) is 61.2 Å². The zero-order chi connectivity index (χ0) is 25.8. The van der Waals surface area contributed by atoms with E-state index < -0.39 is 17.7 Å². The molecular weight excluding hydrogens is 494 g/mol. The van der Waals surface area contributed by atoms with Crippen molar-refractivity contribution in [1.82, 2.24) is 10.6 Å². The number of esters is 2. The lowest BCUT2D eigenvalue weighted by atomic mass is 9.95. The van der Waals surface area contributed by atoms with E-state index in [2.05, 4.69) is 16.0 Å². The first-order valence-electron chi connectivity index (χ1n) is 13.0. The van der Waals surface area contributed by atoms with Gasteiger partial charge in [-0.25, -0.2) is 0 Å². The lowest BCUT2D eigenvalue weighted by Crippen LogP contribution is -2.43. The number of fused-ring (bicyclic) bond motifs is 2. The number of hydrogen-bond acceptors (Lipinski definition) is 7. The predicted octanol–water partition coefficient (Wildman–Crippen LogP) is 4.19. The molecule has 2 heterocycles. The van der Waals surface area contributed by atoms with Crippen LogP contribution in [0.25, 0.3) is 0 Å². The predicted molar refractivity (Wildman–Crippen MR) is 139 cm³/mol. The largest absolute Gasteiger partial charge is 0.416 e. The van der Waals surface area contributed by atoms with E-state index >= 15 is 0 Å². The van der Waals surface area contributed by atoms with Gasteiger partial charge in [-0.1, -0.05) is 43.0 Å². The molecule has 0 atom stereocenters. The van der Waals surface area contributed by atoms with Gasteiger partial charge in [-0.15, -0.1) is 0 Å². The molecule has 1 saturated carbocycles. The minimum absolute atomic E-state index is 0.0106. The van der Waals surface area contributed by atoms with Crippen molar-refractivity contribution in [1.29, 1.82) is 0 Å². The van der Waals surface area contributed by atoms with E-state index in [1.807, 2.05) is 24.3 Å². The summed E-state index contributed by atoms with van der Waals surface area (Å²) in [5.41, 5.74) is 3.78. The first-order valence-corrected chi connectivity index (χ1v) is 13.4. The highest BCUT2D eigenvalue weighted by Crippen LogP contribution is 2.40. The molecular formula is C28H32ClN3O5. The summed E-state index contributed by atoms with van der Waals surface area (Å²) < 4.78 is 11.4. The normalized spacial score (nSPS) is 19.7. The van der Waals surface area contributed by atoms with Gasteiger partial charge in [0.05, 0.1) is 30.1 Å². The molecule has 5 rings (SSSR count). The Balaban J connectivity index is 1.33. The number of rotatable bonds is 5. The van der Waals surface area contributed by atoms with E-state index in [-0.39, 0.29) is 31.3 Å². The molecule has 196 valence electrons. The Morgan fingerprint density at radius 2 is 1.68 bits per heavy atom. The number of nitrogens with one attached hydrogen (secondary N) is 3. The number of carbonyl (C=O) groups is 3. The smallest absolute Gasteiger partial charge is 0.309 e.